The zero-order chi connectivity index (χ0) is 14.7. The molecule has 0 fully saturated rings. The van der Waals surface area contributed by atoms with Crippen LogP contribution in [0.1, 0.15) is 15.9 Å². The van der Waals surface area contributed by atoms with E-state index in [2.05, 4.69) is 21.2 Å². The number of nitrogens with one attached hydrogen (secondary N) is 1. The SMILES string of the molecule is O=C(O)c1ccc(CNc2ccc(Br)c(Cl)c2Cl)cc1. The Morgan fingerprint density at radius 2 is 1.75 bits per heavy atom. The Bertz CT molecular complexity index is 644. The molecule has 2 aromatic rings. The van der Waals surface area contributed by atoms with Crippen LogP contribution in [0.15, 0.2) is 40.9 Å². The number of hydrogen-bond acceptors (Lipinski definition) is 2. The third-order valence-electron chi connectivity index (χ3n) is 2.72. The van der Waals surface area contributed by atoms with Gasteiger partial charge in [-0.25, -0.2) is 4.79 Å². The van der Waals surface area contributed by atoms with E-state index < -0.39 is 5.97 Å². The molecule has 0 saturated heterocycles. The molecule has 0 unspecified atom stereocenters. The fraction of sp³-hybridized carbons (Fsp3) is 0.0714. The second kappa shape index (κ2) is 6.48. The normalized spacial score (nSPS) is 10.3. The predicted molar refractivity (Wildman–Crippen MR) is 84.9 cm³/mol. The van der Waals surface area contributed by atoms with Gasteiger partial charge in [0.05, 0.1) is 21.3 Å². The first-order chi connectivity index (χ1) is 9.49. The molecule has 3 nitrogen and oxygen atoms in total. The number of hydrogen-bond donors (Lipinski definition) is 2. The molecule has 0 aliphatic heterocycles. The van der Waals surface area contributed by atoms with Crippen molar-refractivity contribution >= 4 is 50.8 Å². The Hall–Kier alpha value is -1.23. The summed E-state index contributed by atoms with van der Waals surface area (Å²) in [5.41, 5.74) is 1.94. The monoisotopic (exact) mass is 373 g/mol. The Morgan fingerprint density at radius 3 is 2.35 bits per heavy atom. The van der Waals surface area contributed by atoms with Gasteiger partial charge in [-0.15, -0.1) is 0 Å². The minimum atomic E-state index is -0.938. The molecule has 0 radical (unpaired) electrons. The highest BCUT2D eigenvalue weighted by Gasteiger charge is 2.08. The summed E-state index contributed by atoms with van der Waals surface area (Å²) in [7, 11) is 0. The fourth-order valence-electron chi connectivity index (χ4n) is 1.62. The molecule has 20 heavy (non-hydrogen) atoms. The third-order valence-corrected chi connectivity index (χ3v) is 4.49. The topological polar surface area (TPSA) is 49.3 Å². The van der Waals surface area contributed by atoms with Gasteiger partial charge in [-0.3, -0.25) is 0 Å². The van der Waals surface area contributed by atoms with Crippen LogP contribution in [0.25, 0.3) is 0 Å². The Balaban J connectivity index is 2.09. The van der Waals surface area contributed by atoms with Gasteiger partial charge in [0.25, 0.3) is 0 Å². The van der Waals surface area contributed by atoms with Crippen molar-refractivity contribution in [2.24, 2.45) is 0 Å². The number of carboxylic acid groups (broad SMARTS) is 1. The maximum Gasteiger partial charge on any atom is 0.335 e. The Labute approximate surface area is 134 Å². The molecule has 0 heterocycles. The lowest BCUT2D eigenvalue weighted by Crippen LogP contribution is -2.01. The van der Waals surface area contributed by atoms with Crippen LogP contribution in [0.4, 0.5) is 5.69 Å². The smallest absolute Gasteiger partial charge is 0.335 e. The number of rotatable bonds is 4. The van der Waals surface area contributed by atoms with E-state index in [1.54, 1.807) is 24.3 Å². The molecule has 6 heteroatoms. The standard InChI is InChI=1S/C14H10BrCl2NO2/c15-10-5-6-11(13(17)12(10)16)18-7-8-1-3-9(4-2-8)14(19)20/h1-6,18H,7H2,(H,19,20). The Morgan fingerprint density at radius 1 is 1.10 bits per heavy atom. The summed E-state index contributed by atoms with van der Waals surface area (Å²) in [6.45, 7) is 0.525. The summed E-state index contributed by atoms with van der Waals surface area (Å²) in [6, 6.07) is 10.3. The van der Waals surface area contributed by atoms with Gasteiger partial charge in [0.2, 0.25) is 0 Å². The minimum absolute atomic E-state index is 0.262. The zero-order valence-corrected chi connectivity index (χ0v) is 13.3. The average Bonchev–Trinajstić information content (AvgIpc) is 2.44. The molecule has 0 aromatic heterocycles. The van der Waals surface area contributed by atoms with Crippen molar-refractivity contribution in [2.45, 2.75) is 6.54 Å². The molecule has 2 rings (SSSR count). The highest BCUT2D eigenvalue weighted by Crippen LogP contribution is 2.35. The van der Waals surface area contributed by atoms with Crippen molar-refractivity contribution in [1.82, 2.24) is 0 Å². The number of anilines is 1. The van der Waals surface area contributed by atoms with Crippen LogP contribution in [0.5, 0.6) is 0 Å². The number of benzene rings is 2. The van der Waals surface area contributed by atoms with Gasteiger partial charge < -0.3 is 10.4 Å². The van der Waals surface area contributed by atoms with Crippen LogP contribution in [0.3, 0.4) is 0 Å². The number of carboxylic acids is 1. The van der Waals surface area contributed by atoms with Crippen molar-refractivity contribution in [1.29, 1.82) is 0 Å². The quantitative estimate of drug-likeness (QED) is 0.734. The molecule has 0 spiro atoms. The summed E-state index contributed by atoms with van der Waals surface area (Å²) in [5.74, 6) is -0.938. The van der Waals surface area contributed by atoms with Gasteiger partial charge in [-0.2, -0.15) is 0 Å². The van der Waals surface area contributed by atoms with Gasteiger partial charge in [0, 0.05) is 11.0 Å². The third kappa shape index (κ3) is 3.45. The second-order valence-electron chi connectivity index (χ2n) is 4.08. The first-order valence-corrected chi connectivity index (χ1v) is 7.23. The largest absolute Gasteiger partial charge is 0.478 e. The van der Waals surface area contributed by atoms with Crippen molar-refractivity contribution in [3.05, 3.63) is 62.0 Å². The summed E-state index contributed by atoms with van der Waals surface area (Å²) in [4.78, 5) is 10.8. The van der Waals surface area contributed by atoms with Crippen molar-refractivity contribution in [3.8, 4) is 0 Å². The maximum atomic E-state index is 10.8. The lowest BCUT2D eigenvalue weighted by atomic mass is 10.1. The van der Waals surface area contributed by atoms with Crippen LogP contribution in [-0.2, 0) is 6.54 Å². The van der Waals surface area contributed by atoms with Gasteiger partial charge in [-0.05, 0) is 45.8 Å². The van der Waals surface area contributed by atoms with Crippen molar-refractivity contribution < 1.29 is 9.90 Å². The van der Waals surface area contributed by atoms with E-state index in [9.17, 15) is 4.79 Å². The predicted octanol–water partition coefficient (Wildman–Crippen LogP) is 5.07. The van der Waals surface area contributed by atoms with E-state index in [1.165, 1.54) is 0 Å². The van der Waals surface area contributed by atoms with Gasteiger partial charge in [0.1, 0.15) is 0 Å². The van der Waals surface area contributed by atoms with Crippen molar-refractivity contribution in [3.63, 3.8) is 0 Å². The molecule has 0 bridgehead atoms. The number of carbonyl (C=O) groups is 1. The highest BCUT2D eigenvalue weighted by atomic mass is 79.9. The van der Waals surface area contributed by atoms with E-state index in [0.717, 1.165) is 15.7 Å². The molecular formula is C14H10BrCl2NO2. The summed E-state index contributed by atoms with van der Waals surface area (Å²) in [6.07, 6.45) is 0. The molecule has 0 saturated carbocycles. The molecular weight excluding hydrogens is 365 g/mol. The number of aromatic carboxylic acids is 1. The highest BCUT2D eigenvalue weighted by molar-refractivity contribution is 9.10. The van der Waals surface area contributed by atoms with Crippen LogP contribution >= 0.6 is 39.1 Å². The molecule has 0 amide bonds. The minimum Gasteiger partial charge on any atom is -0.478 e. The maximum absolute atomic E-state index is 10.8. The van der Waals surface area contributed by atoms with E-state index >= 15 is 0 Å². The fourth-order valence-corrected chi connectivity index (χ4v) is 2.47. The first kappa shape index (κ1) is 15.2. The zero-order valence-electron chi connectivity index (χ0n) is 10.2. The molecule has 2 N–H and O–H groups in total. The van der Waals surface area contributed by atoms with Crippen LogP contribution in [-0.4, -0.2) is 11.1 Å². The first-order valence-electron chi connectivity index (χ1n) is 5.68. The van der Waals surface area contributed by atoms with E-state index in [-0.39, 0.29) is 5.56 Å². The van der Waals surface area contributed by atoms with Crippen LogP contribution in [0.2, 0.25) is 10.0 Å². The lowest BCUT2D eigenvalue weighted by Gasteiger charge is -2.10. The molecule has 2 aromatic carbocycles. The molecule has 0 aliphatic carbocycles. The molecule has 104 valence electrons. The van der Waals surface area contributed by atoms with E-state index in [4.69, 9.17) is 28.3 Å². The number of halogens is 3. The molecule has 0 atom stereocenters. The van der Waals surface area contributed by atoms with Crippen molar-refractivity contribution in [2.75, 3.05) is 5.32 Å². The van der Waals surface area contributed by atoms with Gasteiger partial charge in [-0.1, -0.05) is 35.3 Å². The van der Waals surface area contributed by atoms with Gasteiger partial charge in [0.15, 0.2) is 0 Å². The summed E-state index contributed by atoms with van der Waals surface area (Å²) in [5, 5.41) is 12.9. The van der Waals surface area contributed by atoms with Gasteiger partial charge >= 0.3 is 5.97 Å². The van der Waals surface area contributed by atoms with Crippen LogP contribution < -0.4 is 5.32 Å². The Kier molecular flexibility index (Phi) is 4.91. The van der Waals surface area contributed by atoms with E-state index in [1.807, 2.05) is 12.1 Å². The lowest BCUT2D eigenvalue weighted by molar-refractivity contribution is 0.0697. The average molecular weight is 375 g/mol. The molecule has 0 aliphatic rings. The second-order valence-corrected chi connectivity index (χ2v) is 5.69. The summed E-state index contributed by atoms with van der Waals surface area (Å²) < 4.78 is 0.737. The summed E-state index contributed by atoms with van der Waals surface area (Å²) >= 11 is 15.5. The van der Waals surface area contributed by atoms with E-state index in [0.29, 0.717) is 16.6 Å². The van der Waals surface area contributed by atoms with Crippen LogP contribution in [0, 0.1) is 0 Å².